The molecule has 0 atom stereocenters. The highest BCUT2D eigenvalue weighted by Crippen LogP contribution is 2.23. The summed E-state index contributed by atoms with van der Waals surface area (Å²) in [4.78, 5) is 21.3. The van der Waals surface area contributed by atoms with Crippen LogP contribution >= 0.6 is 0 Å². The third-order valence-corrected chi connectivity index (χ3v) is 4.08. The monoisotopic (exact) mass is 431 g/mol. The summed E-state index contributed by atoms with van der Waals surface area (Å²) >= 11 is 0. The SMILES string of the molecule is CN(C)C/C=C/C(=O)NCc1cnc(-c2ccc(F)cc2)cc1C(N)=CC=NC(F)F. The number of benzene rings is 1. The number of nitrogens with zero attached hydrogens (tertiary/aromatic N) is 3. The van der Waals surface area contributed by atoms with Crippen LogP contribution in [-0.2, 0) is 11.3 Å². The molecule has 2 rings (SSSR count). The zero-order valence-electron chi connectivity index (χ0n) is 17.2. The molecular weight excluding hydrogens is 407 g/mol. The molecule has 0 bridgehead atoms. The van der Waals surface area contributed by atoms with Gasteiger partial charge in [0.1, 0.15) is 5.82 Å². The minimum absolute atomic E-state index is 0.123. The van der Waals surface area contributed by atoms with Crippen LogP contribution in [0, 0.1) is 5.82 Å². The van der Waals surface area contributed by atoms with Gasteiger partial charge in [-0.15, -0.1) is 0 Å². The second-order valence-electron chi connectivity index (χ2n) is 6.81. The van der Waals surface area contributed by atoms with Crippen LogP contribution in [0.2, 0.25) is 0 Å². The molecule has 0 spiro atoms. The van der Waals surface area contributed by atoms with Crippen molar-refractivity contribution in [2.45, 2.75) is 13.1 Å². The minimum Gasteiger partial charge on any atom is -0.398 e. The number of amides is 1. The van der Waals surface area contributed by atoms with E-state index in [-0.39, 0.29) is 24.0 Å². The molecule has 0 aliphatic rings. The van der Waals surface area contributed by atoms with E-state index in [4.69, 9.17) is 5.73 Å². The zero-order valence-corrected chi connectivity index (χ0v) is 17.2. The molecule has 0 fully saturated rings. The molecule has 0 aliphatic heterocycles. The van der Waals surface area contributed by atoms with Crippen LogP contribution in [-0.4, -0.2) is 49.2 Å². The van der Waals surface area contributed by atoms with Crippen molar-refractivity contribution in [3.05, 3.63) is 71.7 Å². The van der Waals surface area contributed by atoms with Gasteiger partial charge in [-0.2, -0.15) is 8.78 Å². The number of hydrogen-bond acceptors (Lipinski definition) is 5. The number of allylic oxidation sites excluding steroid dienone is 1. The molecule has 164 valence electrons. The van der Waals surface area contributed by atoms with Crippen molar-refractivity contribution in [2.24, 2.45) is 10.7 Å². The predicted octanol–water partition coefficient (Wildman–Crippen LogP) is 3.21. The van der Waals surface area contributed by atoms with Crippen LogP contribution in [0.3, 0.4) is 0 Å². The number of nitrogens with two attached hydrogens (primary N) is 1. The van der Waals surface area contributed by atoms with E-state index >= 15 is 0 Å². The summed E-state index contributed by atoms with van der Waals surface area (Å²) in [7, 11) is 3.77. The fourth-order valence-corrected chi connectivity index (χ4v) is 2.56. The Morgan fingerprint density at radius 2 is 2.00 bits per heavy atom. The van der Waals surface area contributed by atoms with Crippen LogP contribution in [0.25, 0.3) is 17.0 Å². The van der Waals surface area contributed by atoms with Gasteiger partial charge in [0, 0.05) is 48.4 Å². The maximum atomic E-state index is 13.2. The Balaban J connectivity index is 2.29. The number of alkyl halides is 2. The van der Waals surface area contributed by atoms with Gasteiger partial charge in [-0.05, 0) is 56.1 Å². The molecule has 0 radical (unpaired) electrons. The summed E-state index contributed by atoms with van der Waals surface area (Å²) in [5.41, 5.74) is 8.49. The lowest BCUT2D eigenvalue weighted by Crippen LogP contribution is -2.22. The normalized spacial score (nSPS) is 12.4. The molecule has 0 saturated carbocycles. The molecule has 1 aromatic carbocycles. The molecule has 1 heterocycles. The smallest absolute Gasteiger partial charge is 0.331 e. The number of rotatable bonds is 9. The third kappa shape index (κ3) is 8.06. The second-order valence-corrected chi connectivity index (χ2v) is 6.81. The van der Waals surface area contributed by atoms with Gasteiger partial charge in [0.05, 0.1) is 5.69 Å². The van der Waals surface area contributed by atoms with E-state index in [2.05, 4.69) is 15.3 Å². The summed E-state index contributed by atoms with van der Waals surface area (Å²) < 4.78 is 37.8. The van der Waals surface area contributed by atoms with Crippen LogP contribution in [0.1, 0.15) is 11.1 Å². The number of likely N-dealkylation sites (N-methyl/N-ethyl adjacent to an activating group) is 1. The van der Waals surface area contributed by atoms with Crippen molar-refractivity contribution in [1.29, 1.82) is 0 Å². The molecule has 2 aromatic rings. The first-order chi connectivity index (χ1) is 14.8. The van der Waals surface area contributed by atoms with Crippen LogP contribution < -0.4 is 11.1 Å². The first kappa shape index (κ1) is 23.8. The Bertz CT molecular complexity index is 970. The fourth-order valence-electron chi connectivity index (χ4n) is 2.56. The third-order valence-electron chi connectivity index (χ3n) is 4.08. The van der Waals surface area contributed by atoms with Crippen molar-refractivity contribution in [1.82, 2.24) is 15.2 Å². The summed E-state index contributed by atoms with van der Waals surface area (Å²) in [6, 6.07) is 7.39. The predicted molar refractivity (Wildman–Crippen MR) is 116 cm³/mol. The topological polar surface area (TPSA) is 83.6 Å². The zero-order chi connectivity index (χ0) is 22.8. The van der Waals surface area contributed by atoms with Gasteiger partial charge in [-0.1, -0.05) is 6.08 Å². The van der Waals surface area contributed by atoms with Crippen LogP contribution in [0.5, 0.6) is 0 Å². The van der Waals surface area contributed by atoms with Crippen molar-refractivity contribution >= 4 is 17.8 Å². The summed E-state index contributed by atoms with van der Waals surface area (Å²) in [6.07, 6.45) is 6.85. The quantitative estimate of drug-likeness (QED) is 0.363. The molecule has 9 heteroatoms. The van der Waals surface area contributed by atoms with Gasteiger partial charge in [0.2, 0.25) is 5.91 Å². The first-order valence-electron chi connectivity index (χ1n) is 9.37. The van der Waals surface area contributed by atoms with E-state index in [1.807, 2.05) is 19.0 Å². The van der Waals surface area contributed by atoms with Crippen LogP contribution in [0.15, 0.2) is 59.7 Å². The first-order valence-corrected chi connectivity index (χ1v) is 9.37. The van der Waals surface area contributed by atoms with E-state index < -0.39 is 6.55 Å². The lowest BCUT2D eigenvalue weighted by molar-refractivity contribution is -0.116. The highest BCUT2D eigenvalue weighted by atomic mass is 19.3. The molecule has 6 nitrogen and oxygen atoms in total. The maximum Gasteiger partial charge on any atom is 0.331 e. The molecule has 1 amide bonds. The lowest BCUT2D eigenvalue weighted by atomic mass is 10.0. The minimum atomic E-state index is -2.84. The molecular formula is C22H24F3N5O. The molecule has 0 saturated heterocycles. The number of carbonyl (C=O) groups is 1. The molecule has 1 aromatic heterocycles. The Kier molecular flexibility index (Phi) is 8.95. The van der Waals surface area contributed by atoms with Crippen molar-refractivity contribution in [3.63, 3.8) is 0 Å². The molecule has 0 unspecified atom stereocenters. The number of carbonyl (C=O) groups excluding carboxylic acids is 1. The van der Waals surface area contributed by atoms with Gasteiger partial charge in [-0.25, -0.2) is 9.38 Å². The van der Waals surface area contributed by atoms with E-state index in [1.54, 1.807) is 24.3 Å². The number of hydrogen-bond donors (Lipinski definition) is 2. The number of aliphatic imine (C=N–C) groups is 1. The van der Waals surface area contributed by atoms with E-state index in [9.17, 15) is 18.0 Å². The number of aromatic nitrogens is 1. The highest BCUT2D eigenvalue weighted by molar-refractivity contribution is 5.88. The van der Waals surface area contributed by atoms with Crippen LogP contribution in [0.4, 0.5) is 13.2 Å². The second kappa shape index (κ2) is 11.7. The number of pyridine rings is 1. The highest BCUT2D eigenvalue weighted by Gasteiger charge is 2.10. The Morgan fingerprint density at radius 1 is 1.29 bits per heavy atom. The Hall–Kier alpha value is -3.46. The fraction of sp³-hybridized carbons (Fsp3) is 0.227. The van der Waals surface area contributed by atoms with Crippen molar-refractivity contribution < 1.29 is 18.0 Å². The summed E-state index contributed by atoms with van der Waals surface area (Å²) in [5, 5.41) is 2.74. The average Bonchev–Trinajstić information content (AvgIpc) is 2.72. The lowest BCUT2D eigenvalue weighted by Gasteiger charge is -2.12. The van der Waals surface area contributed by atoms with E-state index in [1.165, 1.54) is 30.5 Å². The standard InChI is InChI=1S/C22H24F3N5O/c1-30(2)11-3-4-21(31)29-14-16-13-28-20(15-5-7-17(23)8-6-15)12-18(16)19(26)9-10-27-22(24)25/h3-10,12-13,22H,11,14,26H2,1-2H3,(H,29,31)/b4-3+,19-9?,27-10?. The van der Waals surface area contributed by atoms with Crippen molar-refractivity contribution in [3.8, 4) is 11.3 Å². The number of nitrogens with one attached hydrogen (secondary N) is 1. The Morgan fingerprint density at radius 3 is 2.65 bits per heavy atom. The number of halogens is 3. The Labute approximate surface area is 179 Å². The summed E-state index contributed by atoms with van der Waals surface area (Å²) in [6.45, 7) is -2.10. The largest absolute Gasteiger partial charge is 0.398 e. The maximum absolute atomic E-state index is 13.2. The van der Waals surface area contributed by atoms with E-state index in [0.717, 1.165) is 6.21 Å². The molecule has 3 N–H and O–H groups in total. The van der Waals surface area contributed by atoms with Gasteiger partial charge in [0.25, 0.3) is 0 Å². The van der Waals surface area contributed by atoms with Gasteiger partial charge in [-0.3, -0.25) is 9.78 Å². The van der Waals surface area contributed by atoms with E-state index in [0.29, 0.717) is 28.9 Å². The van der Waals surface area contributed by atoms with Gasteiger partial charge in [0.15, 0.2) is 0 Å². The van der Waals surface area contributed by atoms with Gasteiger partial charge < -0.3 is 16.0 Å². The van der Waals surface area contributed by atoms with Gasteiger partial charge >= 0.3 is 6.55 Å². The van der Waals surface area contributed by atoms with Crippen molar-refractivity contribution in [2.75, 3.05) is 20.6 Å². The summed E-state index contributed by atoms with van der Waals surface area (Å²) in [5.74, 6) is -0.675. The molecule has 0 aliphatic carbocycles. The molecule has 31 heavy (non-hydrogen) atoms. The average molecular weight is 431 g/mol.